The molecule has 0 heterocycles. The molecule has 3 nitrogen and oxygen atoms in total. The normalized spacial score (nSPS) is 42.9. The van der Waals surface area contributed by atoms with E-state index in [1.807, 2.05) is 0 Å². The van der Waals surface area contributed by atoms with Gasteiger partial charge in [-0.1, -0.05) is 25.7 Å². The second kappa shape index (κ2) is 3.54. The maximum Gasteiger partial charge on any atom is 0.335 e. The van der Waals surface area contributed by atoms with Crippen molar-refractivity contribution in [3.8, 4) is 0 Å². The summed E-state index contributed by atoms with van der Waals surface area (Å²) in [5, 5.41) is 18.8. The van der Waals surface area contributed by atoms with Gasteiger partial charge in [-0.2, -0.15) is 0 Å². The molecule has 2 aliphatic rings. The zero-order chi connectivity index (χ0) is 10.2. The summed E-state index contributed by atoms with van der Waals surface area (Å²) in [5.41, 5.74) is -1.42. The predicted octanol–water partition coefficient (Wildman–Crippen LogP) is 1.79. The van der Waals surface area contributed by atoms with E-state index in [9.17, 15) is 9.90 Å². The van der Waals surface area contributed by atoms with Crippen LogP contribution in [0.1, 0.15) is 44.9 Å². The van der Waals surface area contributed by atoms with Crippen LogP contribution in [0, 0.1) is 11.8 Å². The first kappa shape index (κ1) is 9.97. The highest BCUT2D eigenvalue weighted by Crippen LogP contribution is 2.44. The van der Waals surface area contributed by atoms with Crippen molar-refractivity contribution >= 4 is 5.97 Å². The Bertz CT molecular complexity index is 239. The second-order valence-electron chi connectivity index (χ2n) is 4.88. The summed E-state index contributed by atoms with van der Waals surface area (Å²) in [6.45, 7) is 0. The molecule has 0 aliphatic heterocycles. The molecule has 2 fully saturated rings. The number of hydrogen-bond donors (Lipinski definition) is 2. The van der Waals surface area contributed by atoms with Gasteiger partial charge in [-0.05, 0) is 31.1 Å². The maximum absolute atomic E-state index is 10.9. The van der Waals surface area contributed by atoms with Gasteiger partial charge in [0, 0.05) is 0 Å². The number of hydrogen-bond acceptors (Lipinski definition) is 2. The Kier molecular flexibility index (Phi) is 2.52. The minimum atomic E-state index is -1.42. The Hall–Kier alpha value is -0.570. The van der Waals surface area contributed by atoms with Gasteiger partial charge in [0.05, 0.1) is 0 Å². The van der Waals surface area contributed by atoms with Crippen LogP contribution in [0.5, 0.6) is 0 Å². The number of fused-ring (bicyclic) bond motifs is 1. The van der Waals surface area contributed by atoms with Gasteiger partial charge in [0.15, 0.2) is 5.60 Å². The van der Waals surface area contributed by atoms with Crippen molar-refractivity contribution in [3.05, 3.63) is 0 Å². The van der Waals surface area contributed by atoms with Crippen LogP contribution in [0.3, 0.4) is 0 Å². The molecule has 0 aromatic rings. The van der Waals surface area contributed by atoms with Gasteiger partial charge in [0.2, 0.25) is 0 Å². The van der Waals surface area contributed by atoms with E-state index in [1.165, 1.54) is 19.3 Å². The van der Waals surface area contributed by atoms with Crippen molar-refractivity contribution in [2.75, 3.05) is 0 Å². The number of carbonyl (C=O) groups is 1. The fraction of sp³-hybridized carbons (Fsp3) is 0.909. The Labute approximate surface area is 84.1 Å². The fourth-order valence-corrected chi connectivity index (χ4v) is 3.09. The number of rotatable bonds is 1. The van der Waals surface area contributed by atoms with Crippen molar-refractivity contribution in [3.63, 3.8) is 0 Å². The molecule has 3 heteroatoms. The van der Waals surface area contributed by atoms with Crippen LogP contribution in [0.25, 0.3) is 0 Å². The average Bonchev–Trinajstić information content (AvgIpc) is 2.17. The molecule has 3 unspecified atom stereocenters. The third-order valence-corrected chi connectivity index (χ3v) is 3.99. The first-order valence-corrected chi connectivity index (χ1v) is 5.57. The molecule has 14 heavy (non-hydrogen) atoms. The van der Waals surface area contributed by atoms with Crippen molar-refractivity contribution in [2.45, 2.75) is 50.5 Å². The zero-order valence-electron chi connectivity index (χ0n) is 8.41. The topological polar surface area (TPSA) is 57.5 Å². The summed E-state index contributed by atoms with van der Waals surface area (Å²) in [7, 11) is 0. The summed E-state index contributed by atoms with van der Waals surface area (Å²) in [6, 6.07) is 0. The molecule has 2 aliphatic carbocycles. The second-order valence-corrected chi connectivity index (χ2v) is 4.88. The molecule has 2 N–H and O–H groups in total. The van der Waals surface area contributed by atoms with E-state index in [2.05, 4.69) is 0 Å². The maximum atomic E-state index is 10.9. The van der Waals surface area contributed by atoms with Crippen LogP contribution in [0.4, 0.5) is 0 Å². The van der Waals surface area contributed by atoms with Crippen LogP contribution in [-0.4, -0.2) is 21.8 Å². The lowest BCUT2D eigenvalue weighted by Gasteiger charge is -2.41. The molecule has 0 amide bonds. The van der Waals surface area contributed by atoms with E-state index < -0.39 is 11.6 Å². The van der Waals surface area contributed by atoms with E-state index in [0.717, 1.165) is 12.8 Å². The zero-order valence-corrected chi connectivity index (χ0v) is 8.41. The molecule has 0 aromatic heterocycles. The van der Waals surface area contributed by atoms with E-state index in [-0.39, 0.29) is 0 Å². The number of carboxylic acids is 1. The monoisotopic (exact) mass is 198 g/mol. The molecule has 0 spiro atoms. The molecule has 3 atom stereocenters. The number of aliphatic hydroxyl groups is 1. The van der Waals surface area contributed by atoms with Crippen molar-refractivity contribution in [2.24, 2.45) is 11.8 Å². The van der Waals surface area contributed by atoms with Crippen LogP contribution >= 0.6 is 0 Å². The van der Waals surface area contributed by atoms with Gasteiger partial charge in [-0.3, -0.25) is 0 Å². The Morgan fingerprint density at radius 1 is 1.14 bits per heavy atom. The molecule has 0 saturated heterocycles. The summed E-state index contributed by atoms with van der Waals surface area (Å²) < 4.78 is 0. The van der Waals surface area contributed by atoms with Gasteiger partial charge in [-0.15, -0.1) is 0 Å². The van der Waals surface area contributed by atoms with Crippen molar-refractivity contribution in [1.82, 2.24) is 0 Å². The third kappa shape index (κ3) is 1.65. The van der Waals surface area contributed by atoms with E-state index in [1.54, 1.807) is 0 Å². The number of carboxylic acid groups (broad SMARTS) is 1. The lowest BCUT2D eigenvalue weighted by molar-refractivity contribution is -0.166. The largest absolute Gasteiger partial charge is 0.479 e. The standard InChI is InChI=1S/C11H18O3/c12-10(13)11(14)6-5-8-3-1-2-4-9(8)7-11/h8-9,14H,1-7H2,(H,12,13). The van der Waals surface area contributed by atoms with Gasteiger partial charge in [0.25, 0.3) is 0 Å². The molecule has 0 radical (unpaired) electrons. The van der Waals surface area contributed by atoms with Gasteiger partial charge < -0.3 is 10.2 Å². The van der Waals surface area contributed by atoms with Crippen LogP contribution in [-0.2, 0) is 4.79 Å². The summed E-state index contributed by atoms with van der Waals surface area (Å²) in [5.74, 6) is 0.114. The SMILES string of the molecule is O=C(O)C1(O)CCC2CCCCC2C1. The third-order valence-electron chi connectivity index (χ3n) is 3.99. The molecular weight excluding hydrogens is 180 g/mol. The minimum absolute atomic E-state index is 0.448. The van der Waals surface area contributed by atoms with Crippen molar-refractivity contribution < 1.29 is 15.0 Å². The highest BCUT2D eigenvalue weighted by molar-refractivity contribution is 5.77. The quantitative estimate of drug-likeness (QED) is 0.675. The van der Waals surface area contributed by atoms with E-state index in [0.29, 0.717) is 24.7 Å². The van der Waals surface area contributed by atoms with Crippen LogP contribution in [0.2, 0.25) is 0 Å². The molecule has 80 valence electrons. The lowest BCUT2D eigenvalue weighted by Crippen LogP contribution is -2.46. The summed E-state index contributed by atoms with van der Waals surface area (Å²) in [6.07, 6.45) is 6.66. The minimum Gasteiger partial charge on any atom is -0.479 e. The molecule has 2 saturated carbocycles. The highest BCUT2D eigenvalue weighted by atomic mass is 16.4. The van der Waals surface area contributed by atoms with Gasteiger partial charge in [-0.25, -0.2) is 4.79 Å². The Morgan fingerprint density at radius 2 is 1.79 bits per heavy atom. The Balaban J connectivity index is 2.05. The molecule has 2 rings (SSSR count). The van der Waals surface area contributed by atoms with Crippen LogP contribution in [0.15, 0.2) is 0 Å². The lowest BCUT2D eigenvalue weighted by atomic mass is 9.66. The molecule has 0 bridgehead atoms. The smallest absolute Gasteiger partial charge is 0.335 e. The first-order valence-electron chi connectivity index (χ1n) is 5.57. The summed E-state index contributed by atoms with van der Waals surface area (Å²) in [4.78, 5) is 10.9. The highest BCUT2D eigenvalue weighted by Gasteiger charge is 2.45. The number of aliphatic carboxylic acids is 1. The molecular formula is C11H18O3. The molecule has 0 aromatic carbocycles. The van der Waals surface area contributed by atoms with Gasteiger partial charge in [0.1, 0.15) is 0 Å². The van der Waals surface area contributed by atoms with Crippen molar-refractivity contribution in [1.29, 1.82) is 0 Å². The first-order chi connectivity index (χ1) is 6.62. The average molecular weight is 198 g/mol. The Morgan fingerprint density at radius 3 is 2.43 bits per heavy atom. The predicted molar refractivity (Wildman–Crippen MR) is 51.9 cm³/mol. The van der Waals surface area contributed by atoms with E-state index >= 15 is 0 Å². The van der Waals surface area contributed by atoms with Gasteiger partial charge >= 0.3 is 5.97 Å². The van der Waals surface area contributed by atoms with E-state index in [4.69, 9.17) is 5.11 Å². The summed E-state index contributed by atoms with van der Waals surface area (Å²) >= 11 is 0. The van der Waals surface area contributed by atoms with Crippen LogP contribution < -0.4 is 0 Å². The fourth-order valence-electron chi connectivity index (χ4n) is 3.09.